The molecule has 0 aliphatic heterocycles. The summed E-state index contributed by atoms with van der Waals surface area (Å²) in [7, 11) is 7.15. The second-order valence-corrected chi connectivity index (χ2v) is 6.34. The summed E-state index contributed by atoms with van der Waals surface area (Å²) in [4.78, 5) is 7.88. The van der Waals surface area contributed by atoms with E-state index in [9.17, 15) is 0 Å². The number of methoxy groups -OCH3 is 2. The van der Waals surface area contributed by atoms with Gasteiger partial charge < -0.3 is 19.7 Å². The summed E-state index contributed by atoms with van der Waals surface area (Å²) in [5, 5.41) is 5.49. The molecule has 0 unspecified atom stereocenters. The molecule has 0 aliphatic carbocycles. The zero-order valence-corrected chi connectivity index (χ0v) is 15.5. The molecule has 1 aromatic carbocycles. The van der Waals surface area contributed by atoms with Gasteiger partial charge in [-0.25, -0.2) is 0 Å². The second-order valence-electron chi connectivity index (χ2n) is 5.30. The maximum Gasteiger partial charge on any atom is 0.193 e. The highest BCUT2D eigenvalue weighted by Gasteiger charge is 2.11. The lowest BCUT2D eigenvalue weighted by atomic mass is 10.2. The Morgan fingerprint density at radius 1 is 1.21 bits per heavy atom. The highest BCUT2D eigenvalue weighted by molar-refractivity contribution is 7.09. The molecule has 1 aromatic heterocycles. The Kier molecular flexibility index (Phi) is 6.93. The van der Waals surface area contributed by atoms with Crippen molar-refractivity contribution in [3.63, 3.8) is 0 Å². The SMILES string of the molecule is CN=C(NCc1cccc(OC)c1OC)N(C)CCc1cccs1. The van der Waals surface area contributed by atoms with E-state index in [-0.39, 0.29) is 0 Å². The van der Waals surface area contributed by atoms with E-state index in [0.29, 0.717) is 6.54 Å². The number of rotatable bonds is 7. The van der Waals surface area contributed by atoms with Gasteiger partial charge in [0.2, 0.25) is 0 Å². The normalized spacial score (nSPS) is 11.2. The van der Waals surface area contributed by atoms with Gasteiger partial charge in [0.1, 0.15) is 0 Å². The zero-order chi connectivity index (χ0) is 17.4. The average molecular weight is 347 g/mol. The number of likely N-dealkylation sites (N-methyl/N-ethyl adjacent to an activating group) is 1. The smallest absolute Gasteiger partial charge is 0.193 e. The molecular formula is C18H25N3O2S. The van der Waals surface area contributed by atoms with Gasteiger partial charge in [0.05, 0.1) is 14.2 Å². The van der Waals surface area contributed by atoms with Crippen molar-refractivity contribution < 1.29 is 9.47 Å². The molecule has 1 heterocycles. The molecule has 0 radical (unpaired) electrons. The van der Waals surface area contributed by atoms with E-state index in [1.54, 1.807) is 32.6 Å². The Morgan fingerprint density at radius 2 is 2.04 bits per heavy atom. The van der Waals surface area contributed by atoms with Crippen LogP contribution in [0.15, 0.2) is 40.7 Å². The van der Waals surface area contributed by atoms with Crippen LogP contribution in [0.4, 0.5) is 0 Å². The Bertz CT molecular complexity index is 656. The summed E-state index contributed by atoms with van der Waals surface area (Å²) in [6.45, 7) is 1.53. The van der Waals surface area contributed by atoms with Crippen molar-refractivity contribution in [2.24, 2.45) is 4.99 Å². The van der Waals surface area contributed by atoms with Crippen molar-refractivity contribution >= 4 is 17.3 Å². The maximum absolute atomic E-state index is 5.47. The highest BCUT2D eigenvalue weighted by atomic mass is 32.1. The molecule has 0 bridgehead atoms. The molecule has 0 atom stereocenters. The van der Waals surface area contributed by atoms with Crippen LogP contribution in [0.2, 0.25) is 0 Å². The lowest BCUT2D eigenvalue weighted by molar-refractivity contribution is 0.351. The summed E-state index contributed by atoms with van der Waals surface area (Å²) >= 11 is 1.79. The lowest BCUT2D eigenvalue weighted by Gasteiger charge is -2.22. The molecule has 0 aliphatic rings. The largest absolute Gasteiger partial charge is 0.493 e. The number of nitrogens with zero attached hydrogens (tertiary/aromatic N) is 2. The van der Waals surface area contributed by atoms with Gasteiger partial charge in [-0.3, -0.25) is 4.99 Å². The van der Waals surface area contributed by atoms with Crippen molar-refractivity contribution in [2.75, 3.05) is 34.9 Å². The van der Waals surface area contributed by atoms with Crippen molar-refractivity contribution in [1.29, 1.82) is 0 Å². The van der Waals surface area contributed by atoms with Gasteiger partial charge >= 0.3 is 0 Å². The lowest BCUT2D eigenvalue weighted by Crippen LogP contribution is -2.39. The van der Waals surface area contributed by atoms with Crippen molar-refractivity contribution in [1.82, 2.24) is 10.2 Å². The quantitative estimate of drug-likeness (QED) is 0.618. The first-order chi connectivity index (χ1) is 11.7. The van der Waals surface area contributed by atoms with Crippen LogP contribution >= 0.6 is 11.3 Å². The third-order valence-corrected chi connectivity index (χ3v) is 4.70. The first kappa shape index (κ1) is 18.1. The molecule has 24 heavy (non-hydrogen) atoms. The summed E-state index contributed by atoms with van der Waals surface area (Å²) in [6.07, 6.45) is 1.01. The van der Waals surface area contributed by atoms with Gasteiger partial charge in [-0.15, -0.1) is 11.3 Å². The van der Waals surface area contributed by atoms with Crippen LogP contribution in [-0.2, 0) is 13.0 Å². The number of benzene rings is 1. The molecule has 1 N–H and O–H groups in total. The van der Waals surface area contributed by atoms with Crippen molar-refractivity contribution in [3.8, 4) is 11.5 Å². The number of aliphatic imine (C=N–C) groups is 1. The number of thiophene rings is 1. The highest BCUT2D eigenvalue weighted by Crippen LogP contribution is 2.30. The fourth-order valence-electron chi connectivity index (χ4n) is 2.49. The van der Waals surface area contributed by atoms with Crippen LogP contribution in [0.1, 0.15) is 10.4 Å². The minimum Gasteiger partial charge on any atom is -0.493 e. The zero-order valence-electron chi connectivity index (χ0n) is 14.7. The Hall–Kier alpha value is -2.21. The molecule has 6 heteroatoms. The van der Waals surface area contributed by atoms with Crippen LogP contribution in [0.25, 0.3) is 0 Å². The number of hydrogen-bond donors (Lipinski definition) is 1. The Labute approximate surface area is 147 Å². The van der Waals surface area contributed by atoms with E-state index in [4.69, 9.17) is 9.47 Å². The Balaban J connectivity index is 1.96. The van der Waals surface area contributed by atoms with Gasteiger partial charge in [0.25, 0.3) is 0 Å². The van der Waals surface area contributed by atoms with Crippen molar-refractivity contribution in [3.05, 3.63) is 46.2 Å². The molecule has 0 amide bonds. The molecule has 0 saturated carbocycles. The maximum atomic E-state index is 5.47. The fourth-order valence-corrected chi connectivity index (χ4v) is 3.19. The number of nitrogens with one attached hydrogen (secondary N) is 1. The summed E-state index contributed by atoms with van der Waals surface area (Å²) in [6, 6.07) is 10.1. The van der Waals surface area contributed by atoms with Crippen LogP contribution in [0.3, 0.4) is 0 Å². The van der Waals surface area contributed by atoms with Crippen molar-refractivity contribution in [2.45, 2.75) is 13.0 Å². The Morgan fingerprint density at radius 3 is 2.67 bits per heavy atom. The molecule has 2 aromatic rings. The number of guanidine groups is 1. The monoisotopic (exact) mass is 347 g/mol. The molecule has 5 nitrogen and oxygen atoms in total. The van der Waals surface area contributed by atoms with E-state index in [1.165, 1.54) is 4.88 Å². The van der Waals surface area contributed by atoms with Gasteiger partial charge in [0, 0.05) is 37.6 Å². The van der Waals surface area contributed by atoms with E-state index in [0.717, 1.165) is 36.0 Å². The van der Waals surface area contributed by atoms with Crippen LogP contribution in [-0.4, -0.2) is 45.7 Å². The van der Waals surface area contributed by atoms with Crippen LogP contribution in [0, 0.1) is 0 Å². The van der Waals surface area contributed by atoms with E-state index in [1.807, 2.05) is 25.2 Å². The van der Waals surface area contributed by atoms with Gasteiger partial charge in [-0.2, -0.15) is 0 Å². The predicted molar refractivity (Wildman–Crippen MR) is 100 cm³/mol. The average Bonchev–Trinajstić information content (AvgIpc) is 3.13. The van der Waals surface area contributed by atoms with Gasteiger partial charge in [-0.05, 0) is 23.9 Å². The topological polar surface area (TPSA) is 46.1 Å². The molecule has 2 rings (SSSR count). The number of hydrogen-bond acceptors (Lipinski definition) is 4. The second kappa shape index (κ2) is 9.17. The third kappa shape index (κ3) is 4.64. The molecule has 0 fully saturated rings. The first-order valence-corrected chi connectivity index (χ1v) is 8.71. The summed E-state index contributed by atoms with van der Waals surface area (Å²) in [5.41, 5.74) is 1.03. The number of ether oxygens (including phenoxy) is 2. The van der Waals surface area contributed by atoms with E-state index < -0.39 is 0 Å². The standard InChI is InChI=1S/C18H25N3O2S/c1-19-18(21(2)11-10-15-8-6-12-24-15)20-13-14-7-5-9-16(22-3)17(14)23-4/h5-9,12H,10-11,13H2,1-4H3,(H,19,20). The van der Waals surface area contributed by atoms with Gasteiger partial charge in [0.15, 0.2) is 17.5 Å². The van der Waals surface area contributed by atoms with Crippen LogP contribution < -0.4 is 14.8 Å². The molecule has 0 saturated heterocycles. The minimum atomic E-state index is 0.621. The predicted octanol–water partition coefficient (Wildman–Crippen LogP) is 3.02. The van der Waals surface area contributed by atoms with E-state index in [2.05, 4.69) is 32.7 Å². The summed E-state index contributed by atoms with van der Waals surface area (Å²) < 4.78 is 10.8. The molecule has 130 valence electrons. The third-order valence-electron chi connectivity index (χ3n) is 3.77. The number of para-hydroxylation sites is 1. The molecular weight excluding hydrogens is 322 g/mol. The minimum absolute atomic E-state index is 0.621. The molecule has 0 spiro atoms. The van der Waals surface area contributed by atoms with E-state index >= 15 is 0 Å². The summed E-state index contributed by atoms with van der Waals surface area (Å²) in [5.74, 6) is 2.35. The fraction of sp³-hybridized carbons (Fsp3) is 0.389. The van der Waals surface area contributed by atoms with Gasteiger partial charge in [-0.1, -0.05) is 18.2 Å². The van der Waals surface area contributed by atoms with Crippen LogP contribution in [0.5, 0.6) is 11.5 Å². The first-order valence-electron chi connectivity index (χ1n) is 7.83.